The Morgan fingerprint density at radius 2 is 1.79 bits per heavy atom. The van der Waals surface area contributed by atoms with Crippen molar-refractivity contribution in [3.63, 3.8) is 0 Å². The summed E-state index contributed by atoms with van der Waals surface area (Å²) in [5.74, 6) is -0.0361. The van der Waals surface area contributed by atoms with Gasteiger partial charge in [0.05, 0.1) is 23.3 Å². The summed E-state index contributed by atoms with van der Waals surface area (Å²) in [4.78, 5) is 29.4. The molecule has 0 bridgehead atoms. The molecule has 5 heterocycles. The van der Waals surface area contributed by atoms with Crippen LogP contribution >= 0.6 is 0 Å². The lowest BCUT2D eigenvalue weighted by Gasteiger charge is -2.17. The molecule has 8 heteroatoms. The van der Waals surface area contributed by atoms with Gasteiger partial charge in [0.15, 0.2) is 5.65 Å². The zero-order valence-electron chi connectivity index (χ0n) is 21.4. The molecule has 0 saturated heterocycles. The van der Waals surface area contributed by atoms with E-state index in [0.29, 0.717) is 17.8 Å². The van der Waals surface area contributed by atoms with E-state index < -0.39 is 0 Å². The van der Waals surface area contributed by atoms with Gasteiger partial charge in [0.1, 0.15) is 5.69 Å². The topological polar surface area (TPSA) is 112 Å². The summed E-state index contributed by atoms with van der Waals surface area (Å²) in [6.45, 7) is 6.12. The lowest BCUT2D eigenvalue weighted by molar-refractivity contribution is -0.117. The van der Waals surface area contributed by atoms with E-state index in [1.54, 1.807) is 24.8 Å². The fraction of sp³-hybridized carbons (Fsp3) is 0.167. The van der Waals surface area contributed by atoms with E-state index in [0.717, 1.165) is 50.1 Å². The maximum Gasteiger partial charge on any atom is 0.224 e. The molecule has 6 aromatic rings. The monoisotopic (exact) mass is 501 g/mol. The van der Waals surface area contributed by atoms with Gasteiger partial charge in [-0.05, 0) is 41.8 Å². The van der Waals surface area contributed by atoms with Crippen LogP contribution in [0.3, 0.4) is 0 Å². The second kappa shape index (κ2) is 9.23. The largest absolute Gasteiger partial charge is 0.353 e. The molecule has 188 valence electrons. The Bertz CT molecular complexity index is 1780. The number of amides is 1. The fourth-order valence-electron chi connectivity index (χ4n) is 4.65. The van der Waals surface area contributed by atoms with Gasteiger partial charge in [-0.25, -0.2) is 4.98 Å². The molecule has 1 amide bonds. The van der Waals surface area contributed by atoms with Gasteiger partial charge in [0.25, 0.3) is 0 Å². The fourth-order valence-corrected chi connectivity index (χ4v) is 4.65. The molecule has 0 aliphatic heterocycles. The maximum atomic E-state index is 12.4. The van der Waals surface area contributed by atoms with Crippen molar-refractivity contribution in [2.45, 2.75) is 27.2 Å². The number of nitrogens with one attached hydrogen (secondary N) is 3. The van der Waals surface area contributed by atoms with E-state index in [9.17, 15) is 4.79 Å². The number of nitrogens with zero attached hydrogens (tertiary/aromatic N) is 4. The van der Waals surface area contributed by atoms with Crippen molar-refractivity contribution in [1.29, 1.82) is 0 Å². The van der Waals surface area contributed by atoms with Crippen molar-refractivity contribution in [1.82, 2.24) is 30.1 Å². The molecule has 1 aromatic carbocycles. The first-order chi connectivity index (χ1) is 18.3. The molecular weight excluding hydrogens is 474 g/mol. The Balaban J connectivity index is 1.36. The first-order valence-electron chi connectivity index (χ1n) is 12.5. The Kier molecular flexibility index (Phi) is 5.72. The Hall–Kier alpha value is -4.85. The molecule has 8 nitrogen and oxygen atoms in total. The number of hydrogen-bond donors (Lipinski definition) is 3. The SMILES string of the molecule is CC(C)(C)CC(=O)Nc1cncc(-c2cnc3[nH]nc(-c4cc5c(-c6ccccn6)cccc5[nH]4)c3c2)c1. The van der Waals surface area contributed by atoms with Crippen molar-refractivity contribution in [2.75, 3.05) is 5.32 Å². The zero-order valence-corrected chi connectivity index (χ0v) is 21.4. The summed E-state index contributed by atoms with van der Waals surface area (Å²) < 4.78 is 0. The molecule has 0 aliphatic rings. The number of carbonyl (C=O) groups is 1. The summed E-state index contributed by atoms with van der Waals surface area (Å²) in [5, 5.41) is 12.6. The number of anilines is 1. The van der Waals surface area contributed by atoms with E-state index in [-0.39, 0.29) is 11.3 Å². The van der Waals surface area contributed by atoms with E-state index in [2.05, 4.69) is 53.6 Å². The predicted molar refractivity (Wildman–Crippen MR) is 150 cm³/mol. The van der Waals surface area contributed by atoms with Gasteiger partial charge in [-0.15, -0.1) is 0 Å². The number of carbonyl (C=O) groups excluding carboxylic acids is 1. The minimum Gasteiger partial charge on any atom is -0.353 e. The Labute approximate surface area is 219 Å². The molecule has 0 atom stereocenters. The third-order valence-corrected chi connectivity index (χ3v) is 6.32. The number of aromatic amines is 2. The van der Waals surface area contributed by atoms with Gasteiger partial charge in [-0.2, -0.15) is 5.10 Å². The number of rotatable bonds is 5. The Morgan fingerprint density at radius 3 is 2.61 bits per heavy atom. The summed E-state index contributed by atoms with van der Waals surface area (Å²) >= 11 is 0. The highest BCUT2D eigenvalue weighted by molar-refractivity contribution is 6.00. The average molecular weight is 502 g/mol. The van der Waals surface area contributed by atoms with Crippen molar-refractivity contribution < 1.29 is 4.79 Å². The minimum absolute atomic E-state index is 0.0361. The summed E-state index contributed by atoms with van der Waals surface area (Å²) in [6, 6.07) is 18.1. The lowest BCUT2D eigenvalue weighted by Crippen LogP contribution is -2.19. The molecule has 0 aliphatic carbocycles. The van der Waals surface area contributed by atoms with Crippen molar-refractivity contribution in [2.24, 2.45) is 5.41 Å². The number of benzene rings is 1. The van der Waals surface area contributed by atoms with Crippen molar-refractivity contribution >= 4 is 33.5 Å². The molecule has 0 radical (unpaired) electrons. The van der Waals surface area contributed by atoms with Crippen LogP contribution in [0.4, 0.5) is 5.69 Å². The number of fused-ring (bicyclic) bond motifs is 2. The van der Waals surface area contributed by atoms with E-state index in [4.69, 9.17) is 0 Å². The standard InChI is InChI=1S/C30H27N7O/c1-30(2,3)14-27(38)34-20-11-18(15-31-17-20)19-12-23-28(36-37-29(23)33-16-19)26-13-22-21(7-6-9-25(22)35-26)24-8-4-5-10-32-24/h4-13,15-17,35H,14H2,1-3H3,(H,34,38)(H,33,36,37). The molecule has 38 heavy (non-hydrogen) atoms. The number of hydrogen-bond acceptors (Lipinski definition) is 5. The van der Waals surface area contributed by atoms with Gasteiger partial charge < -0.3 is 10.3 Å². The molecule has 0 saturated carbocycles. The molecule has 0 spiro atoms. The van der Waals surface area contributed by atoms with Gasteiger partial charge in [0, 0.05) is 58.0 Å². The lowest BCUT2D eigenvalue weighted by atomic mass is 9.92. The molecule has 0 fully saturated rings. The van der Waals surface area contributed by atoms with E-state index in [1.807, 2.05) is 57.2 Å². The van der Waals surface area contributed by atoms with Crippen LogP contribution in [0.15, 0.2) is 79.4 Å². The average Bonchev–Trinajstić information content (AvgIpc) is 3.51. The first kappa shape index (κ1) is 23.5. The third kappa shape index (κ3) is 4.64. The molecule has 3 N–H and O–H groups in total. The van der Waals surface area contributed by atoms with Crippen molar-refractivity contribution in [3.8, 4) is 33.8 Å². The number of H-pyrrole nitrogens is 2. The second-order valence-electron chi connectivity index (χ2n) is 10.6. The van der Waals surface area contributed by atoms with Gasteiger partial charge >= 0.3 is 0 Å². The molecule has 6 rings (SSSR count). The molecular formula is C30H27N7O. The smallest absolute Gasteiger partial charge is 0.224 e. The van der Waals surface area contributed by atoms with Crippen LogP contribution < -0.4 is 5.32 Å². The van der Waals surface area contributed by atoms with E-state index >= 15 is 0 Å². The minimum atomic E-state index is -0.0945. The van der Waals surface area contributed by atoms with Crippen LogP contribution in [0, 0.1) is 5.41 Å². The summed E-state index contributed by atoms with van der Waals surface area (Å²) in [5.41, 5.74) is 7.63. The maximum absolute atomic E-state index is 12.4. The zero-order chi connectivity index (χ0) is 26.3. The van der Waals surface area contributed by atoms with Gasteiger partial charge in [-0.3, -0.25) is 19.9 Å². The molecule has 5 aromatic heterocycles. The quantitative estimate of drug-likeness (QED) is 0.246. The van der Waals surface area contributed by atoms with Crippen LogP contribution in [0.25, 0.3) is 55.7 Å². The van der Waals surface area contributed by atoms with Gasteiger partial charge in [0.2, 0.25) is 5.91 Å². The summed E-state index contributed by atoms with van der Waals surface area (Å²) in [6.07, 6.45) is 7.44. The second-order valence-corrected chi connectivity index (χ2v) is 10.6. The van der Waals surface area contributed by atoms with Crippen LogP contribution in [-0.2, 0) is 4.79 Å². The number of aromatic nitrogens is 6. The Morgan fingerprint density at radius 1 is 0.921 bits per heavy atom. The normalized spacial score (nSPS) is 11.8. The highest BCUT2D eigenvalue weighted by Gasteiger charge is 2.17. The van der Waals surface area contributed by atoms with Crippen LogP contribution in [-0.4, -0.2) is 36.0 Å². The first-order valence-corrected chi connectivity index (χ1v) is 12.5. The van der Waals surface area contributed by atoms with Crippen LogP contribution in [0.5, 0.6) is 0 Å². The van der Waals surface area contributed by atoms with E-state index in [1.165, 1.54) is 0 Å². The highest BCUT2D eigenvalue weighted by Crippen LogP contribution is 2.34. The highest BCUT2D eigenvalue weighted by atomic mass is 16.1. The van der Waals surface area contributed by atoms with Crippen molar-refractivity contribution in [3.05, 3.63) is 79.4 Å². The third-order valence-electron chi connectivity index (χ3n) is 6.32. The predicted octanol–water partition coefficient (Wildman–Crippen LogP) is 6.60. The van der Waals surface area contributed by atoms with Gasteiger partial charge in [-0.1, -0.05) is 39.0 Å². The molecule has 0 unspecified atom stereocenters. The van der Waals surface area contributed by atoms with Crippen LogP contribution in [0.2, 0.25) is 0 Å². The van der Waals surface area contributed by atoms with Crippen LogP contribution in [0.1, 0.15) is 27.2 Å². The summed E-state index contributed by atoms with van der Waals surface area (Å²) in [7, 11) is 0. The number of pyridine rings is 3.